The van der Waals surface area contributed by atoms with Crippen molar-refractivity contribution in [3.63, 3.8) is 0 Å². The van der Waals surface area contributed by atoms with Crippen molar-refractivity contribution in [2.75, 3.05) is 6.61 Å². The molecule has 2 aliphatic rings. The van der Waals surface area contributed by atoms with Crippen LogP contribution in [0.4, 0.5) is 0 Å². The van der Waals surface area contributed by atoms with Gasteiger partial charge in [0.1, 0.15) is 6.10 Å². The van der Waals surface area contributed by atoms with Gasteiger partial charge in [-0.2, -0.15) is 0 Å². The summed E-state index contributed by atoms with van der Waals surface area (Å²) in [6.07, 6.45) is 7.73. The molecule has 2 fully saturated rings. The summed E-state index contributed by atoms with van der Waals surface area (Å²) in [7, 11) is 0. The number of ether oxygens (including phenoxy) is 2. The van der Waals surface area contributed by atoms with Gasteiger partial charge in [-0.05, 0) is 43.9 Å². The zero-order chi connectivity index (χ0) is 13.2. The lowest BCUT2D eigenvalue weighted by atomic mass is 9.76. The third kappa shape index (κ3) is 3.61. The monoisotopic (exact) mass is 274 g/mol. The molecular formula is C15H27ClO2. The van der Waals surface area contributed by atoms with Gasteiger partial charge < -0.3 is 9.47 Å². The Morgan fingerprint density at radius 1 is 1.22 bits per heavy atom. The van der Waals surface area contributed by atoms with E-state index < -0.39 is 0 Å². The van der Waals surface area contributed by atoms with Crippen molar-refractivity contribution in [1.82, 2.24) is 0 Å². The maximum atomic E-state index is 6.20. The molecule has 3 unspecified atom stereocenters. The van der Waals surface area contributed by atoms with Crippen molar-refractivity contribution < 1.29 is 9.47 Å². The van der Waals surface area contributed by atoms with Crippen molar-refractivity contribution >= 4 is 11.6 Å². The van der Waals surface area contributed by atoms with Crippen LogP contribution < -0.4 is 0 Å². The largest absolute Gasteiger partial charge is 0.374 e. The Labute approximate surface area is 116 Å². The molecular weight excluding hydrogens is 248 g/mol. The summed E-state index contributed by atoms with van der Waals surface area (Å²) >= 11 is 6.20. The molecule has 0 heterocycles. The fraction of sp³-hybridized carbons (Fsp3) is 1.00. The topological polar surface area (TPSA) is 18.5 Å². The van der Waals surface area contributed by atoms with E-state index in [0.717, 1.165) is 19.4 Å². The second-order valence-electron chi connectivity index (χ2n) is 6.63. The summed E-state index contributed by atoms with van der Waals surface area (Å²) < 4.78 is 12.0. The van der Waals surface area contributed by atoms with Crippen LogP contribution in [0.15, 0.2) is 0 Å². The Morgan fingerprint density at radius 2 is 1.89 bits per heavy atom. The van der Waals surface area contributed by atoms with Crippen LogP contribution >= 0.6 is 11.6 Å². The van der Waals surface area contributed by atoms with Gasteiger partial charge in [-0.25, -0.2) is 0 Å². The van der Waals surface area contributed by atoms with E-state index >= 15 is 0 Å². The van der Waals surface area contributed by atoms with Gasteiger partial charge >= 0.3 is 0 Å². The fourth-order valence-corrected chi connectivity index (χ4v) is 3.29. The van der Waals surface area contributed by atoms with E-state index in [4.69, 9.17) is 21.1 Å². The summed E-state index contributed by atoms with van der Waals surface area (Å²) in [5, 5.41) is 0.154. The van der Waals surface area contributed by atoms with Gasteiger partial charge in [0.05, 0.1) is 17.6 Å². The first-order valence-corrected chi connectivity index (χ1v) is 7.86. The molecule has 2 rings (SSSR count). The molecule has 106 valence electrons. The average Bonchev–Trinajstić information content (AvgIpc) is 2.31. The molecule has 3 heteroatoms. The van der Waals surface area contributed by atoms with Crippen LogP contribution in [0.25, 0.3) is 0 Å². The minimum absolute atomic E-state index is 0.126. The summed E-state index contributed by atoms with van der Waals surface area (Å²) in [6, 6.07) is 0. The third-order valence-corrected chi connectivity index (χ3v) is 4.77. The Bertz CT molecular complexity index is 257. The van der Waals surface area contributed by atoms with E-state index in [-0.39, 0.29) is 17.6 Å². The summed E-state index contributed by atoms with van der Waals surface area (Å²) in [5.41, 5.74) is 0.507. The highest BCUT2D eigenvalue weighted by Crippen LogP contribution is 2.39. The lowest BCUT2D eigenvalue weighted by molar-refractivity contribution is -0.157. The van der Waals surface area contributed by atoms with Crippen LogP contribution in [0.3, 0.4) is 0 Å². The van der Waals surface area contributed by atoms with Crippen LogP contribution in [0.5, 0.6) is 0 Å². The number of halogens is 1. The van der Waals surface area contributed by atoms with Crippen LogP contribution in [-0.2, 0) is 9.47 Å². The van der Waals surface area contributed by atoms with Gasteiger partial charge in [-0.1, -0.05) is 20.8 Å². The van der Waals surface area contributed by atoms with E-state index in [1.165, 1.54) is 25.7 Å². The second-order valence-corrected chi connectivity index (χ2v) is 7.19. The fourth-order valence-electron chi connectivity index (χ4n) is 2.88. The molecule has 0 aliphatic heterocycles. The van der Waals surface area contributed by atoms with Gasteiger partial charge in [0, 0.05) is 6.61 Å². The molecule has 0 radical (unpaired) electrons. The lowest BCUT2D eigenvalue weighted by Crippen LogP contribution is -2.52. The van der Waals surface area contributed by atoms with Crippen molar-refractivity contribution in [3.05, 3.63) is 0 Å². The maximum Gasteiger partial charge on any atom is 0.100 e. The molecule has 18 heavy (non-hydrogen) atoms. The Balaban J connectivity index is 1.73. The molecule has 2 saturated carbocycles. The van der Waals surface area contributed by atoms with E-state index in [9.17, 15) is 0 Å². The summed E-state index contributed by atoms with van der Waals surface area (Å²) in [4.78, 5) is 0. The Hall–Kier alpha value is 0.210. The van der Waals surface area contributed by atoms with E-state index in [2.05, 4.69) is 20.8 Å². The van der Waals surface area contributed by atoms with Gasteiger partial charge in [0.15, 0.2) is 0 Å². The van der Waals surface area contributed by atoms with Gasteiger partial charge in [-0.15, -0.1) is 11.6 Å². The molecule has 0 bridgehead atoms. The molecule has 3 atom stereocenters. The molecule has 0 amide bonds. The highest BCUT2D eigenvalue weighted by molar-refractivity contribution is 6.21. The van der Waals surface area contributed by atoms with Crippen LogP contribution in [0.2, 0.25) is 0 Å². The summed E-state index contributed by atoms with van der Waals surface area (Å²) in [6.45, 7) is 7.63. The summed E-state index contributed by atoms with van der Waals surface area (Å²) in [5.74, 6) is 0. The predicted molar refractivity (Wildman–Crippen MR) is 75.2 cm³/mol. The quantitative estimate of drug-likeness (QED) is 0.702. The van der Waals surface area contributed by atoms with Crippen molar-refractivity contribution in [3.8, 4) is 0 Å². The van der Waals surface area contributed by atoms with Crippen LogP contribution in [0, 0.1) is 5.41 Å². The first kappa shape index (κ1) is 14.6. The zero-order valence-corrected chi connectivity index (χ0v) is 12.7. The number of alkyl halides is 1. The number of rotatable bonds is 5. The van der Waals surface area contributed by atoms with E-state index in [1.807, 2.05) is 0 Å². The SMILES string of the molecule is CCCOC1C(Cl)CC1OC1CCC(C)(C)CC1. The molecule has 0 aromatic heterocycles. The molecule has 0 aromatic carbocycles. The average molecular weight is 275 g/mol. The normalized spacial score (nSPS) is 36.3. The highest BCUT2D eigenvalue weighted by atomic mass is 35.5. The number of hydrogen-bond acceptors (Lipinski definition) is 2. The molecule has 0 aromatic rings. The maximum absolute atomic E-state index is 6.20. The van der Waals surface area contributed by atoms with Crippen molar-refractivity contribution in [2.45, 2.75) is 83.0 Å². The Morgan fingerprint density at radius 3 is 2.44 bits per heavy atom. The first-order valence-electron chi connectivity index (χ1n) is 7.43. The molecule has 0 spiro atoms. The molecule has 0 saturated heterocycles. The smallest absolute Gasteiger partial charge is 0.100 e. The van der Waals surface area contributed by atoms with Crippen LogP contribution in [0.1, 0.15) is 59.3 Å². The number of hydrogen-bond donors (Lipinski definition) is 0. The van der Waals surface area contributed by atoms with E-state index in [1.54, 1.807) is 0 Å². The minimum Gasteiger partial charge on any atom is -0.374 e. The van der Waals surface area contributed by atoms with Gasteiger partial charge in [0.25, 0.3) is 0 Å². The lowest BCUT2D eigenvalue weighted by Gasteiger charge is -2.44. The van der Waals surface area contributed by atoms with Gasteiger partial charge in [-0.3, -0.25) is 0 Å². The molecule has 2 nitrogen and oxygen atoms in total. The Kier molecular flexibility index (Phi) is 4.96. The van der Waals surface area contributed by atoms with E-state index in [0.29, 0.717) is 11.5 Å². The predicted octanol–water partition coefficient (Wildman–Crippen LogP) is 4.15. The van der Waals surface area contributed by atoms with Crippen molar-refractivity contribution in [1.29, 1.82) is 0 Å². The first-order chi connectivity index (χ1) is 8.52. The minimum atomic E-state index is 0.126. The van der Waals surface area contributed by atoms with Crippen LogP contribution in [-0.4, -0.2) is 30.3 Å². The standard InChI is InChI=1S/C15H27ClO2/c1-4-9-17-14-12(16)10-13(14)18-11-5-7-15(2,3)8-6-11/h11-14H,4-10H2,1-3H3. The zero-order valence-electron chi connectivity index (χ0n) is 12.0. The molecule has 0 N–H and O–H groups in total. The second kappa shape index (κ2) is 6.11. The van der Waals surface area contributed by atoms with Gasteiger partial charge in [0.2, 0.25) is 0 Å². The molecule has 2 aliphatic carbocycles. The third-order valence-electron chi connectivity index (χ3n) is 4.35. The van der Waals surface area contributed by atoms with Crippen molar-refractivity contribution in [2.24, 2.45) is 5.41 Å². The highest BCUT2D eigenvalue weighted by Gasteiger charge is 2.43.